The third kappa shape index (κ3) is 3.69. The second kappa shape index (κ2) is 7.10. The van der Waals surface area contributed by atoms with Crippen molar-refractivity contribution in [3.8, 4) is 17.0 Å². The molecule has 2 aromatic heterocycles. The monoisotopic (exact) mass is 340 g/mol. The zero-order chi connectivity index (χ0) is 16.9. The van der Waals surface area contributed by atoms with Crippen molar-refractivity contribution in [2.75, 3.05) is 7.11 Å². The Labute approximate surface area is 143 Å². The fourth-order valence-corrected chi connectivity index (χ4v) is 2.83. The molecular formula is C17H16N4O2S. The molecule has 3 aromatic rings. The minimum absolute atomic E-state index is 0.341. The predicted octanol–water partition coefficient (Wildman–Crippen LogP) is 3.22. The average molecular weight is 340 g/mol. The van der Waals surface area contributed by atoms with Crippen LogP contribution in [0.25, 0.3) is 11.3 Å². The number of amides is 1. The number of thiophene rings is 1. The Hall–Kier alpha value is -2.93. The number of carbonyl (C=O) groups excluding carboxylic acids is 1. The molecule has 0 aliphatic heterocycles. The lowest BCUT2D eigenvalue weighted by Gasteiger charge is -1.99. The van der Waals surface area contributed by atoms with Crippen LogP contribution in [0.5, 0.6) is 5.75 Å². The van der Waals surface area contributed by atoms with E-state index in [1.54, 1.807) is 30.7 Å². The van der Waals surface area contributed by atoms with Crippen LogP contribution in [0.4, 0.5) is 0 Å². The fourth-order valence-electron chi connectivity index (χ4n) is 2.09. The Morgan fingerprint density at radius 3 is 2.75 bits per heavy atom. The van der Waals surface area contributed by atoms with Gasteiger partial charge in [-0.25, -0.2) is 5.43 Å². The zero-order valence-electron chi connectivity index (χ0n) is 13.2. The molecule has 1 aromatic carbocycles. The molecule has 0 bridgehead atoms. The highest BCUT2D eigenvalue weighted by molar-refractivity contribution is 7.13. The summed E-state index contributed by atoms with van der Waals surface area (Å²) < 4.78 is 5.12. The standard InChI is InChI=1S/C17H16N4O2S/c1-11-3-8-14(24-11)10-18-21-17(22)16-9-15(19-20-16)12-4-6-13(23-2)7-5-12/h3-10H,1-2H3,(H,19,20)(H,21,22)/b18-10+. The van der Waals surface area contributed by atoms with E-state index in [9.17, 15) is 4.79 Å². The highest BCUT2D eigenvalue weighted by atomic mass is 32.1. The van der Waals surface area contributed by atoms with Crippen molar-refractivity contribution < 1.29 is 9.53 Å². The van der Waals surface area contributed by atoms with Gasteiger partial charge in [0.1, 0.15) is 11.4 Å². The Balaban J connectivity index is 1.65. The third-order valence-corrected chi connectivity index (χ3v) is 4.26. The van der Waals surface area contributed by atoms with Crippen LogP contribution in [0, 0.1) is 6.92 Å². The number of benzene rings is 1. The van der Waals surface area contributed by atoms with Gasteiger partial charge in [-0.15, -0.1) is 11.3 Å². The fraction of sp³-hybridized carbons (Fsp3) is 0.118. The molecule has 0 saturated heterocycles. The number of hydrogen-bond donors (Lipinski definition) is 2. The zero-order valence-corrected chi connectivity index (χ0v) is 14.1. The number of nitrogens with one attached hydrogen (secondary N) is 2. The summed E-state index contributed by atoms with van der Waals surface area (Å²) >= 11 is 1.61. The number of aromatic amines is 1. The van der Waals surface area contributed by atoms with Crippen LogP contribution in [-0.4, -0.2) is 29.4 Å². The molecule has 0 atom stereocenters. The van der Waals surface area contributed by atoms with Gasteiger partial charge in [-0.05, 0) is 49.4 Å². The summed E-state index contributed by atoms with van der Waals surface area (Å²) in [6.45, 7) is 2.02. The van der Waals surface area contributed by atoms with Crippen LogP contribution in [0.2, 0.25) is 0 Å². The SMILES string of the molecule is COc1ccc(-c2cc(C(=O)N/N=C/c3ccc(C)s3)[nH]n2)cc1. The number of nitrogens with zero attached hydrogens (tertiary/aromatic N) is 2. The summed E-state index contributed by atoms with van der Waals surface area (Å²) in [6.07, 6.45) is 1.62. The maximum absolute atomic E-state index is 12.1. The summed E-state index contributed by atoms with van der Waals surface area (Å²) in [6, 6.07) is 13.1. The molecule has 0 saturated carbocycles. The Morgan fingerprint density at radius 2 is 2.08 bits per heavy atom. The molecule has 0 spiro atoms. The topological polar surface area (TPSA) is 79.4 Å². The number of hydrazone groups is 1. The lowest BCUT2D eigenvalue weighted by molar-refractivity contribution is 0.0950. The highest BCUT2D eigenvalue weighted by Gasteiger charge is 2.10. The molecule has 2 N–H and O–H groups in total. The Bertz CT molecular complexity index is 865. The first kappa shape index (κ1) is 15.9. The van der Waals surface area contributed by atoms with E-state index in [-0.39, 0.29) is 5.91 Å². The van der Waals surface area contributed by atoms with Crippen LogP contribution >= 0.6 is 11.3 Å². The molecule has 0 unspecified atom stereocenters. The van der Waals surface area contributed by atoms with Gasteiger partial charge in [0.05, 0.1) is 19.0 Å². The summed E-state index contributed by atoms with van der Waals surface area (Å²) in [5.41, 5.74) is 4.41. The van der Waals surface area contributed by atoms with Gasteiger partial charge in [0.15, 0.2) is 0 Å². The largest absolute Gasteiger partial charge is 0.497 e. The lowest BCUT2D eigenvalue weighted by Crippen LogP contribution is -2.17. The number of ether oxygens (including phenoxy) is 1. The van der Waals surface area contributed by atoms with Crippen molar-refractivity contribution in [1.82, 2.24) is 15.6 Å². The van der Waals surface area contributed by atoms with Crippen LogP contribution in [0.3, 0.4) is 0 Å². The van der Waals surface area contributed by atoms with Gasteiger partial charge in [-0.1, -0.05) is 0 Å². The summed E-state index contributed by atoms with van der Waals surface area (Å²) in [4.78, 5) is 14.3. The van der Waals surface area contributed by atoms with Crippen LogP contribution < -0.4 is 10.2 Å². The van der Waals surface area contributed by atoms with Crippen molar-refractivity contribution in [3.63, 3.8) is 0 Å². The van der Waals surface area contributed by atoms with Crippen molar-refractivity contribution in [3.05, 3.63) is 57.9 Å². The number of aryl methyl sites for hydroxylation is 1. The Morgan fingerprint density at radius 1 is 1.29 bits per heavy atom. The lowest BCUT2D eigenvalue weighted by atomic mass is 10.1. The van der Waals surface area contributed by atoms with Gasteiger partial charge in [-0.2, -0.15) is 10.2 Å². The molecule has 0 radical (unpaired) electrons. The number of H-pyrrole nitrogens is 1. The maximum Gasteiger partial charge on any atom is 0.289 e. The molecule has 24 heavy (non-hydrogen) atoms. The maximum atomic E-state index is 12.1. The Kier molecular flexibility index (Phi) is 4.72. The molecule has 0 fully saturated rings. The quantitative estimate of drug-likeness (QED) is 0.553. The van der Waals surface area contributed by atoms with Crippen molar-refractivity contribution in [2.45, 2.75) is 6.92 Å². The number of rotatable bonds is 5. The summed E-state index contributed by atoms with van der Waals surface area (Å²) in [7, 11) is 1.62. The first-order valence-electron chi connectivity index (χ1n) is 7.25. The van der Waals surface area contributed by atoms with Crippen LogP contribution in [-0.2, 0) is 0 Å². The van der Waals surface area contributed by atoms with Crippen molar-refractivity contribution in [2.24, 2.45) is 5.10 Å². The van der Waals surface area contributed by atoms with Crippen LogP contribution in [0.1, 0.15) is 20.2 Å². The molecule has 7 heteroatoms. The molecule has 6 nitrogen and oxygen atoms in total. The first-order valence-corrected chi connectivity index (χ1v) is 8.07. The summed E-state index contributed by atoms with van der Waals surface area (Å²) in [5.74, 6) is 0.428. The van der Waals surface area contributed by atoms with E-state index in [2.05, 4.69) is 20.7 Å². The molecule has 0 aliphatic rings. The van der Waals surface area contributed by atoms with Gasteiger partial charge in [-0.3, -0.25) is 9.89 Å². The van der Waals surface area contributed by atoms with Gasteiger partial charge >= 0.3 is 0 Å². The molecular weight excluding hydrogens is 324 g/mol. The van der Waals surface area contributed by atoms with Gasteiger partial charge in [0.25, 0.3) is 5.91 Å². The van der Waals surface area contributed by atoms with Crippen molar-refractivity contribution in [1.29, 1.82) is 0 Å². The second-order valence-corrected chi connectivity index (χ2v) is 6.36. The number of methoxy groups -OCH3 is 1. The molecule has 3 rings (SSSR count). The van der Waals surface area contributed by atoms with E-state index in [0.29, 0.717) is 11.4 Å². The normalized spacial score (nSPS) is 10.9. The van der Waals surface area contributed by atoms with Gasteiger partial charge < -0.3 is 4.74 Å². The molecule has 1 amide bonds. The predicted molar refractivity (Wildman–Crippen MR) is 94.7 cm³/mol. The van der Waals surface area contributed by atoms with E-state index in [0.717, 1.165) is 16.2 Å². The van der Waals surface area contributed by atoms with E-state index < -0.39 is 0 Å². The van der Waals surface area contributed by atoms with Crippen LogP contribution in [0.15, 0.2) is 47.6 Å². The average Bonchev–Trinajstić information content (AvgIpc) is 3.24. The van der Waals surface area contributed by atoms with Gasteiger partial charge in [0.2, 0.25) is 0 Å². The number of carbonyl (C=O) groups is 1. The summed E-state index contributed by atoms with van der Waals surface area (Å²) in [5, 5.41) is 10.8. The first-order chi connectivity index (χ1) is 11.7. The highest BCUT2D eigenvalue weighted by Crippen LogP contribution is 2.21. The van der Waals surface area contributed by atoms with E-state index in [1.165, 1.54) is 4.88 Å². The minimum atomic E-state index is -0.341. The van der Waals surface area contributed by atoms with E-state index in [1.807, 2.05) is 43.3 Å². The smallest absolute Gasteiger partial charge is 0.289 e. The van der Waals surface area contributed by atoms with Gasteiger partial charge in [0, 0.05) is 15.3 Å². The number of hydrogen-bond acceptors (Lipinski definition) is 5. The minimum Gasteiger partial charge on any atom is -0.497 e. The van der Waals surface area contributed by atoms with E-state index >= 15 is 0 Å². The third-order valence-electron chi connectivity index (χ3n) is 3.33. The van der Waals surface area contributed by atoms with Crippen molar-refractivity contribution >= 4 is 23.5 Å². The van der Waals surface area contributed by atoms with E-state index in [4.69, 9.17) is 4.74 Å². The second-order valence-electron chi connectivity index (χ2n) is 5.04. The molecule has 0 aliphatic carbocycles. The molecule has 122 valence electrons. The number of aromatic nitrogens is 2. The molecule has 2 heterocycles.